The molecule has 0 aromatic carbocycles. The van der Waals surface area contributed by atoms with Crippen molar-refractivity contribution >= 4 is 0 Å². The van der Waals surface area contributed by atoms with Crippen molar-refractivity contribution in [2.24, 2.45) is 23.2 Å². The average molecular weight is 265 g/mol. The molecule has 0 aliphatic heterocycles. The van der Waals surface area contributed by atoms with Crippen molar-refractivity contribution in [2.45, 2.75) is 64.8 Å². The molecule has 0 aromatic heterocycles. The van der Waals surface area contributed by atoms with Gasteiger partial charge >= 0.3 is 0 Å². The van der Waals surface area contributed by atoms with Crippen LogP contribution in [0.3, 0.4) is 0 Å². The Kier molecular flexibility index (Phi) is 3.92. The summed E-state index contributed by atoms with van der Waals surface area (Å²) < 4.78 is 0. The molecule has 0 radical (unpaired) electrons. The molecule has 4 bridgehead atoms. The van der Waals surface area contributed by atoms with E-state index in [2.05, 4.69) is 18.7 Å². The second-order valence-electron chi connectivity index (χ2n) is 8.06. The SMILES string of the molecule is CC(C)N(CCCO)CC12CC3CC(CC(C3)C1)C2. The first-order valence-electron chi connectivity index (χ1n) is 8.45. The molecule has 0 atom stereocenters. The van der Waals surface area contributed by atoms with Crippen LogP contribution in [0, 0.1) is 23.2 Å². The van der Waals surface area contributed by atoms with E-state index in [1.165, 1.54) is 45.1 Å². The van der Waals surface area contributed by atoms with Gasteiger partial charge in [-0.2, -0.15) is 0 Å². The summed E-state index contributed by atoms with van der Waals surface area (Å²) in [7, 11) is 0. The molecule has 4 aliphatic rings. The van der Waals surface area contributed by atoms with E-state index in [1.807, 2.05) is 0 Å². The fourth-order valence-corrected chi connectivity index (χ4v) is 5.71. The summed E-state index contributed by atoms with van der Waals surface area (Å²) in [5.74, 6) is 3.16. The van der Waals surface area contributed by atoms with Crippen LogP contribution in [-0.2, 0) is 0 Å². The van der Waals surface area contributed by atoms with Crippen molar-refractivity contribution in [3.8, 4) is 0 Å². The fourth-order valence-electron chi connectivity index (χ4n) is 5.71. The maximum atomic E-state index is 9.10. The van der Waals surface area contributed by atoms with Crippen LogP contribution in [-0.4, -0.2) is 35.7 Å². The highest BCUT2D eigenvalue weighted by Crippen LogP contribution is 2.60. The quantitative estimate of drug-likeness (QED) is 0.796. The molecule has 0 spiro atoms. The predicted molar refractivity (Wildman–Crippen MR) is 79.0 cm³/mol. The summed E-state index contributed by atoms with van der Waals surface area (Å²) in [6.07, 6.45) is 10.1. The molecule has 0 amide bonds. The van der Waals surface area contributed by atoms with Crippen LogP contribution >= 0.6 is 0 Å². The lowest BCUT2D eigenvalue weighted by molar-refractivity contribution is -0.0733. The summed E-state index contributed by atoms with van der Waals surface area (Å²) in [4.78, 5) is 2.64. The number of hydrogen-bond acceptors (Lipinski definition) is 2. The van der Waals surface area contributed by atoms with Crippen LogP contribution in [0.25, 0.3) is 0 Å². The lowest BCUT2D eigenvalue weighted by Gasteiger charge is -2.58. The molecule has 0 aromatic rings. The summed E-state index contributed by atoms with van der Waals surface area (Å²) in [6.45, 7) is 7.35. The smallest absolute Gasteiger partial charge is 0.0443 e. The van der Waals surface area contributed by atoms with Crippen molar-refractivity contribution in [3.05, 3.63) is 0 Å². The monoisotopic (exact) mass is 265 g/mol. The second-order valence-corrected chi connectivity index (χ2v) is 8.06. The molecular weight excluding hydrogens is 234 g/mol. The van der Waals surface area contributed by atoms with Crippen LogP contribution in [0.1, 0.15) is 58.8 Å². The van der Waals surface area contributed by atoms with Crippen molar-refractivity contribution in [1.82, 2.24) is 4.90 Å². The zero-order valence-corrected chi connectivity index (χ0v) is 12.8. The molecular formula is C17H31NO. The Hall–Kier alpha value is -0.0800. The number of hydrogen-bond donors (Lipinski definition) is 1. The van der Waals surface area contributed by atoms with Gasteiger partial charge in [-0.05, 0) is 82.0 Å². The summed E-state index contributed by atoms with van der Waals surface area (Å²) in [5, 5.41) is 9.10. The van der Waals surface area contributed by atoms with Gasteiger partial charge in [-0.1, -0.05) is 0 Å². The Morgan fingerprint density at radius 1 is 1.05 bits per heavy atom. The van der Waals surface area contributed by atoms with E-state index in [1.54, 1.807) is 0 Å². The molecule has 0 heterocycles. The van der Waals surface area contributed by atoms with Crippen LogP contribution in [0.15, 0.2) is 0 Å². The summed E-state index contributed by atoms with van der Waals surface area (Å²) in [5.41, 5.74) is 0.647. The zero-order chi connectivity index (χ0) is 13.5. The van der Waals surface area contributed by atoms with E-state index >= 15 is 0 Å². The van der Waals surface area contributed by atoms with Gasteiger partial charge in [0.1, 0.15) is 0 Å². The van der Waals surface area contributed by atoms with Crippen molar-refractivity contribution in [2.75, 3.05) is 19.7 Å². The average Bonchev–Trinajstić information content (AvgIpc) is 2.32. The van der Waals surface area contributed by atoms with Gasteiger partial charge in [-0.15, -0.1) is 0 Å². The second kappa shape index (κ2) is 5.37. The Bertz CT molecular complexity index is 277. The summed E-state index contributed by atoms with van der Waals surface area (Å²) >= 11 is 0. The van der Waals surface area contributed by atoms with Crippen molar-refractivity contribution < 1.29 is 5.11 Å². The Labute approximate surface area is 118 Å². The first kappa shape index (κ1) is 13.9. The topological polar surface area (TPSA) is 23.5 Å². The number of aliphatic hydroxyl groups excluding tert-OH is 1. The Balaban J connectivity index is 1.67. The van der Waals surface area contributed by atoms with Crippen LogP contribution in [0.5, 0.6) is 0 Å². The van der Waals surface area contributed by atoms with E-state index in [0.29, 0.717) is 18.1 Å². The maximum Gasteiger partial charge on any atom is 0.0443 e. The first-order valence-corrected chi connectivity index (χ1v) is 8.45. The molecule has 4 rings (SSSR count). The van der Waals surface area contributed by atoms with E-state index in [9.17, 15) is 0 Å². The molecule has 4 aliphatic carbocycles. The highest BCUT2D eigenvalue weighted by molar-refractivity contribution is 5.02. The van der Waals surface area contributed by atoms with Gasteiger partial charge in [-0.3, -0.25) is 0 Å². The zero-order valence-electron chi connectivity index (χ0n) is 12.8. The van der Waals surface area contributed by atoms with Gasteiger partial charge in [0.05, 0.1) is 0 Å². The van der Waals surface area contributed by atoms with Gasteiger partial charge in [-0.25, -0.2) is 0 Å². The minimum absolute atomic E-state index is 0.337. The molecule has 4 fully saturated rings. The van der Waals surface area contributed by atoms with Crippen LogP contribution in [0.2, 0.25) is 0 Å². The molecule has 19 heavy (non-hydrogen) atoms. The first-order chi connectivity index (χ1) is 9.10. The highest BCUT2D eigenvalue weighted by atomic mass is 16.3. The molecule has 2 heteroatoms. The third-order valence-corrected chi connectivity index (χ3v) is 6.04. The molecule has 0 saturated heterocycles. The lowest BCUT2D eigenvalue weighted by atomic mass is 9.49. The Morgan fingerprint density at radius 3 is 2.00 bits per heavy atom. The van der Waals surface area contributed by atoms with Crippen LogP contribution < -0.4 is 0 Å². The molecule has 1 N–H and O–H groups in total. The van der Waals surface area contributed by atoms with Gasteiger partial charge in [0.25, 0.3) is 0 Å². The van der Waals surface area contributed by atoms with Gasteiger partial charge in [0, 0.05) is 25.7 Å². The standard InChI is InChI=1S/C17H31NO/c1-13(2)18(4-3-5-19)12-17-9-14-6-15(10-17)8-16(7-14)11-17/h13-16,19H,3-12H2,1-2H3. The maximum absolute atomic E-state index is 9.10. The third kappa shape index (κ3) is 2.85. The molecule has 0 unspecified atom stereocenters. The van der Waals surface area contributed by atoms with E-state index in [0.717, 1.165) is 30.7 Å². The van der Waals surface area contributed by atoms with Gasteiger partial charge in [0.15, 0.2) is 0 Å². The fraction of sp³-hybridized carbons (Fsp3) is 1.00. The highest BCUT2D eigenvalue weighted by Gasteiger charge is 2.51. The lowest BCUT2D eigenvalue weighted by Crippen LogP contribution is -2.52. The molecule has 2 nitrogen and oxygen atoms in total. The number of aliphatic hydroxyl groups is 1. The minimum Gasteiger partial charge on any atom is -0.396 e. The number of rotatable bonds is 6. The third-order valence-electron chi connectivity index (χ3n) is 6.04. The predicted octanol–water partition coefficient (Wildman–Crippen LogP) is 3.30. The van der Waals surface area contributed by atoms with Gasteiger partial charge < -0.3 is 10.0 Å². The largest absolute Gasteiger partial charge is 0.396 e. The molecule has 4 saturated carbocycles. The van der Waals surface area contributed by atoms with E-state index in [4.69, 9.17) is 5.11 Å². The van der Waals surface area contributed by atoms with Crippen molar-refractivity contribution in [1.29, 1.82) is 0 Å². The molecule has 110 valence electrons. The van der Waals surface area contributed by atoms with E-state index in [-0.39, 0.29) is 0 Å². The normalized spacial score (nSPS) is 40.6. The van der Waals surface area contributed by atoms with Gasteiger partial charge in [0.2, 0.25) is 0 Å². The minimum atomic E-state index is 0.337. The number of nitrogens with zero attached hydrogens (tertiary/aromatic N) is 1. The van der Waals surface area contributed by atoms with Crippen molar-refractivity contribution in [3.63, 3.8) is 0 Å². The van der Waals surface area contributed by atoms with Crippen LogP contribution in [0.4, 0.5) is 0 Å². The van der Waals surface area contributed by atoms with E-state index < -0.39 is 0 Å². The Morgan fingerprint density at radius 2 is 1.58 bits per heavy atom. The summed E-state index contributed by atoms with van der Waals surface area (Å²) in [6, 6.07) is 0.625.